The third-order valence-electron chi connectivity index (χ3n) is 6.22. The van der Waals surface area contributed by atoms with Crippen molar-refractivity contribution in [3.8, 4) is 0 Å². The van der Waals surface area contributed by atoms with Gasteiger partial charge in [-0.1, -0.05) is 77.6 Å². The van der Waals surface area contributed by atoms with E-state index in [2.05, 4.69) is 6.92 Å². The maximum absolute atomic E-state index is 12.1. The lowest BCUT2D eigenvalue weighted by Crippen LogP contribution is -2.37. The summed E-state index contributed by atoms with van der Waals surface area (Å²) in [5.74, 6) is -0.493. The third-order valence-corrected chi connectivity index (χ3v) is 7.18. The number of phosphoric ester groups is 1. The number of aliphatic hydroxyl groups excluding tert-OH is 1. The number of hydrogen-bond donors (Lipinski definition) is 1. The highest BCUT2D eigenvalue weighted by Crippen LogP contribution is 2.38. The summed E-state index contributed by atoms with van der Waals surface area (Å²) >= 11 is 0. The molecule has 232 valence electrons. The Bertz CT molecular complexity index is 654. The second kappa shape index (κ2) is 24.8. The Morgan fingerprint density at radius 1 is 0.872 bits per heavy atom. The van der Waals surface area contributed by atoms with Crippen LogP contribution in [0.15, 0.2) is 12.3 Å². The van der Waals surface area contributed by atoms with Crippen LogP contribution in [0.2, 0.25) is 0 Å². The van der Waals surface area contributed by atoms with Crippen LogP contribution in [0.25, 0.3) is 0 Å². The van der Waals surface area contributed by atoms with Crippen LogP contribution in [0, 0.1) is 0 Å². The van der Waals surface area contributed by atoms with Crippen molar-refractivity contribution in [1.29, 1.82) is 0 Å². The number of hydrogen-bond acceptors (Lipinski definition) is 8. The lowest BCUT2D eigenvalue weighted by atomic mass is 10.0. The maximum Gasteiger partial charge on any atom is 0.306 e. The van der Waals surface area contributed by atoms with Crippen LogP contribution in [-0.4, -0.2) is 75.8 Å². The summed E-state index contributed by atoms with van der Waals surface area (Å²) in [7, 11) is 1.24. The highest BCUT2D eigenvalue weighted by atomic mass is 31.2. The molecule has 0 aliphatic carbocycles. The molecule has 0 aliphatic heterocycles. The van der Waals surface area contributed by atoms with Crippen molar-refractivity contribution in [3.63, 3.8) is 0 Å². The van der Waals surface area contributed by atoms with Crippen molar-refractivity contribution < 1.29 is 42.4 Å². The summed E-state index contributed by atoms with van der Waals surface area (Å²) in [4.78, 5) is 24.2. The van der Waals surface area contributed by atoms with E-state index in [0.29, 0.717) is 23.9 Å². The Kier molecular flexibility index (Phi) is 24.2. The summed E-state index contributed by atoms with van der Waals surface area (Å²) in [6.07, 6.45) is 20.3. The fourth-order valence-corrected chi connectivity index (χ4v) is 4.51. The third kappa shape index (κ3) is 28.4. The predicted molar refractivity (Wildman–Crippen MR) is 154 cm³/mol. The SMILES string of the molecule is CCCCCCCCCCCCCC/C=C\OC[C@H](COP(=O)([O-])OCC[N+](C)(C)C)OC(=O)CCCCO. The molecule has 0 amide bonds. The van der Waals surface area contributed by atoms with E-state index in [-0.39, 0.29) is 32.8 Å². The van der Waals surface area contributed by atoms with E-state index < -0.39 is 19.9 Å². The minimum absolute atomic E-state index is 0.00307. The molecular formula is C29H58NO8P. The molecule has 9 nitrogen and oxygen atoms in total. The van der Waals surface area contributed by atoms with Gasteiger partial charge in [0.1, 0.15) is 19.8 Å². The van der Waals surface area contributed by atoms with Crippen molar-refractivity contribution in [2.75, 3.05) is 54.1 Å². The van der Waals surface area contributed by atoms with E-state index in [1.807, 2.05) is 27.2 Å². The summed E-state index contributed by atoms with van der Waals surface area (Å²) in [5.41, 5.74) is 0. The minimum atomic E-state index is -4.54. The first-order chi connectivity index (χ1) is 18.6. The lowest BCUT2D eigenvalue weighted by Gasteiger charge is -2.28. The monoisotopic (exact) mass is 579 g/mol. The molecule has 0 aromatic rings. The van der Waals surface area contributed by atoms with E-state index >= 15 is 0 Å². The van der Waals surface area contributed by atoms with Crippen molar-refractivity contribution in [3.05, 3.63) is 12.3 Å². The van der Waals surface area contributed by atoms with E-state index in [1.54, 1.807) is 6.26 Å². The second-order valence-electron chi connectivity index (χ2n) is 11.3. The average molecular weight is 580 g/mol. The molecule has 0 aromatic carbocycles. The highest BCUT2D eigenvalue weighted by Gasteiger charge is 2.20. The number of likely N-dealkylation sites (N-methyl/N-ethyl adjacent to an activating group) is 1. The quantitative estimate of drug-likeness (QED) is 0.0401. The molecule has 0 aliphatic rings. The van der Waals surface area contributed by atoms with Crippen LogP contribution in [0.1, 0.15) is 110 Å². The number of carbonyl (C=O) groups is 1. The number of nitrogens with zero attached hydrogens (tertiary/aromatic N) is 1. The number of ether oxygens (including phenoxy) is 2. The fraction of sp³-hybridized carbons (Fsp3) is 0.897. The van der Waals surface area contributed by atoms with Gasteiger partial charge in [0.2, 0.25) is 0 Å². The molecule has 0 heterocycles. The molecule has 0 radical (unpaired) electrons. The standard InChI is InChI=1S/C29H58NO8P/c1-5-6-7-8-9-10-11-12-13-14-15-16-17-20-24-35-26-28(38-29(32)21-18-19-23-31)27-37-39(33,34)36-25-22-30(2,3)4/h20,24,28,31H,5-19,21-23,25-27H2,1-4H3/b24-20-/t28-/m1/s1. The largest absolute Gasteiger partial charge is 0.756 e. The van der Waals surface area contributed by atoms with Crippen molar-refractivity contribution >= 4 is 13.8 Å². The molecule has 0 aromatic heterocycles. The zero-order chi connectivity index (χ0) is 29.2. The van der Waals surface area contributed by atoms with Crippen LogP contribution >= 0.6 is 7.82 Å². The molecule has 10 heteroatoms. The van der Waals surface area contributed by atoms with Crippen molar-refractivity contribution in [2.45, 2.75) is 116 Å². The van der Waals surface area contributed by atoms with E-state index in [1.165, 1.54) is 70.6 Å². The van der Waals surface area contributed by atoms with Gasteiger partial charge in [-0.25, -0.2) is 0 Å². The Morgan fingerprint density at radius 3 is 2.03 bits per heavy atom. The number of phosphoric acid groups is 1. The van der Waals surface area contributed by atoms with Gasteiger partial charge in [0.05, 0.1) is 34.0 Å². The van der Waals surface area contributed by atoms with Gasteiger partial charge < -0.3 is 33.0 Å². The molecule has 1 N–H and O–H groups in total. The molecule has 0 fully saturated rings. The molecule has 1 unspecified atom stereocenters. The van der Waals surface area contributed by atoms with Gasteiger partial charge in [0.15, 0.2) is 6.10 Å². The molecule has 0 spiro atoms. The Balaban J connectivity index is 4.20. The van der Waals surface area contributed by atoms with Crippen LogP contribution in [0.3, 0.4) is 0 Å². The maximum atomic E-state index is 12.1. The summed E-state index contributed by atoms with van der Waals surface area (Å²) < 4.78 is 33.4. The number of unbranched alkanes of at least 4 members (excludes halogenated alkanes) is 13. The summed E-state index contributed by atoms with van der Waals surface area (Å²) in [5, 5.41) is 8.88. The van der Waals surface area contributed by atoms with Gasteiger partial charge in [0.25, 0.3) is 7.82 Å². The summed E-state index contributed by atoms with van der Waals surface area (Å²) in [6, 6.07) is 0. The first-order valence-electron chi connectivity index (χ1n) is 15.1. The van der Waals surface area contributed by atoms with E-state index in [9.17, 15) is 14.3 Å². The first kappa shape index (κ1) is 38.0. The zero-order valence-electron chi connectivity index (χ0n) is 25.3. The van der Waals surface area contributed by atoms with Crippen LogP contribution in [-0.2, 0) is 27.9 Å². The Morgan fingerprint density at radius 2 is 1.46 bits per heavy atom. The van der Waals surface area contributed by atoms with Gasteiger partial charge in [-0.3, -0.25) is 9.36 Å². The van der Waals surface area contributed by atoms with Crippen LogP contribution in [0.5, 0.6) is 0 Å². The lowest BCUT2D eigenvalue weighted by molar-refractivity contribution is -0.870. The molecule has 2 atom stereocenters. The van der Waals surface area contributed by atoms with Crippen LogP contribution in [0.4, 0.5) is 0 Å². The molecule has 0 saturated heterocycles. The smallest absolute Gasteiger partial charge is 0.306 e. The highest BCUT2D eigenvalue weighted by molar-refractivity contribution is 7.45. The van der Waals surface area contributed by atoms with Crippen LogP contribution < -0.4 is 4.89 Å². The van der Waals surface area contributed by atoms with Crippen molar-refractivity contribution in [1.82, 2.24) is 0 Å². The molecule has 0 saturated carbocycles. The number of allylic oxidation sites excluding steroid dienone is 1. The van der Waals surface area contributed by atoms with Gasteiger partial charge in [-0.2, -0.15) is 0 Å². The topological polar surface area (TPSA) is 114 Å². The van der Waals surface area contributed by atoms with Gasteiger partial charge >= 0.3 is 5.97 Å². The molecular weight excluding hydrogens is 521 g/mol. The Hall–Kier alpha value is -0.960. The van der Waals surface area contributed by atoms with Gasteiger partial charge in [-0.15, -0.1) is 0 Å². The normalized spacial score (nSPS) is 14.4. The fourth-order valence-electron chi connectivity index (χ4n) is 3.78. The molecule has 0 rings (SSSR count). The average Bonchev–Trinajstić information content (AvgIpc) is 2.86. The number of quaternary nitrogens is 1. The zero-order valence-corrected chi connectivity index (χ0v) is 26.2. The predicted octanol–water partition coefficient (Wildman–Crippen LogP) is 5.89. The first-order valence-corrected chi connectivity index (χ1v) is 16.5. The molecule has 39 heavy (non-hydrogen) atoms. The Labute approximate surface area is 238 Å². The van der Waals surface area contributed by atoms with E-state index in [4.69, 9.17) is 23.6 Å². The number of aliphatic hydroxyl groups is 1. The second-order valence-corrected chi connectivity index (χ2v) is 12.7. The number of esters is 1. The number of carbonyl (C=O) groups excluding carboxylic acids is 1. The summed E-state index contributed by atoms with van der Waals surface area (Å²) in [6.45, 7) is 2.32. The molecule has 0 bridgehead atoms. The van der Waals surface area contributed by atoms with Gasteiger partial charge in [0, 0.05) is 13.0 Å². The van der Waals surface area contributed by atoms with Crippen molar-refractivity contribution in [2.24, 2.45) is 0 Å². The minimum Gasteiger partial charge on any atom is -0.756 e. The van der Waals surface area contributed by atoms with Gasteiger partial charge in [-0.05, 0) is 31.8 Å². The van der Waals surface area contributed by atoms with E-state index in [0.717, 1.165) is 12.8 Å². The number of rotatable bonds is 28.